The molecule has 0 radical (unpaired) electrons. The number of nitrogens with zero attached hydrogens (tertiary/aromatic N) is 1. The predicted octanol–water partition coefficient (Wildman–Crippen LogP) is 2.27. The van der Waals surface area contributed by atoms with Crippen LogP contribution in [0.2, 0.25) is 0 Å². The maximum atomic E-state index is 5.13. The van der Waals surface area contributed by atoms with Gasteiger partial charge in [-0.2, -0.15) is 0 Å². The van der Waals surface area contributed by atoms with Gasteiger partial charge in [0.1, 0.15) is 0 Å². The zero-order valence-corrected chi connectivity index (χ0v) is 17.2. The van der Waals surface area contributed by atoms with Crippen LogP contribution in [-0.4, -0.2) is 34.2 Å². The van der Waals surface area contributed by atoms with Crippen LogP contribution >= 0.6 is 0 Å². The second kappa shape index (κ2) is 8.82. The third-order valence-electron chi connectivity index (χ3n) is 2.41. The summed E-state index contributed by atoms with van der Waals surface area (Å²) in [5.41, 5.74) is 2.41. The number of rotatable bonds is 6. The molecule has 0 N–H and O–H groups in total. The van der Waals surface area contributed by atoms with Crippen molar-refractivity contribution in [1.82, 2.24) is 4.90 Å². The van der Waals surface area contributed by atoms with Gasteiger partial charge in [-0.25, -0.2) is 0 Å². The zero-order valence-electron chi connectivity index (χ0n) is 11.3. The molecule has 0 aliphatic heterocycles. The first-order valence-electron chi connectivity index (χ1n) is 5.78. The van der Waals surface area contributed by atoms with Crippen LogP contribution in [0, 0.1) is 0 Å². The Labute approximate surface area is 137 Å². The van der Waals surface area contributed by atoms with Crippen molar-refractivity contribution in [2.75, 3.05) is 21.2 Å². The van der Waals surface area contributed by atoms with Crippen molar-refractivity contribution in [3.05, 3.63) is 47.5 Å². The Bertz CT molecular complexity index is 501. The monoisotopic (exact) mass is 595 g/mol. The first kappa shape index (κ1) is 16.8. The van der Waals surface area contributed by atoms with Crippen molar-refractivity contribution in [2.45, 2.75) is 0 Å². The molecular weight excluding hydrogens is 578 g/mol. The summed E-state index contributed by atoms with van der Waals surface area (Å²) in [5.74, 6) is 0. The van der Waals surface area contributed by atoms with Gasteiger partial charge in [-0.1, -0.05) is 0 Å². The standard InChI is InChI=1S/C15H17NO.2W/c1-16(2)12-4-6-14-8-10-15(11-9-14)7-5-13-17-3;;/h4-11H,1-3H3;;/b6-4+,7-5+;;. The number of hydrogen-bond acceptors (Lipinski definition) is 2. The fraction of sp³-hybridized carbons (Fsp3) is 0.200. The third-order valence-corrected chi connectivity index (χ3v) is 5.30. The molecule has 1 aromatic rings. The fourth-order valence-corrected chi connectivity index (χ4v) is 1.76. The molecule has 4 heteroatoms. The van der Waals surface area contributed by atoms with E-state index in [1.807, 2.05) is 6.08 Å². The van der Waals surface area contributed by atoms with Gasteiger partial charge < -0.3 is 0 Å². The van der Waals surface area contributed by atoms with Crippen LogP contribution in [0.5, 0.6) is 0 Å². The van der Waals surface area contributed by atoms with Gasteiger partial charge in [-0.05, 0) is 0 Å². The quantitative estimate of drug-likeness (QED) is 0.501. The predicted molar refractivity (Wildman–Crippen MR) is 75.2 cm³/mol. The summed E-state index contributed by atoms with van der Waals surface area (Å²) in [5, 5.41) is 0. The first-order valence-corrected chi connectivity index (χ1v) is 8.71. The molecule has 1 rings (SSSR count). The molecule has 0 aliphatic carbocycles. The summed E-state index contributed by atoms with van der Waals surface area (Å²) in [4.78, 5) is 2.13. The van der Waals surface area contributed by atoms with Gasteiger partial charge in [0.15, 0.2) is 0 Å². The molecule has 19 heavy (non-hydrogen) atoms. The van der Waals surface area contributed by atoms with Crippen LogP contribution in [0.25, 0.3) is 12.2 Å². The van der Waals surface area contributed by atoms with Crippen LogP contribution in [0.3, 0.4) is 0 Å². The molecule has 100 valence electrons. The second-order valence-electron chi connectivity index (χ2n) is 4.09. The molecule has 0 saturated carbocycles. The molecule has 0 amide bonds. The summed E-state index contributed by atoms with van der Waals surface area (Å²) in [6.45, 7) is 0. The number of likely N-dealkylation sites (N-methyl/N-ethyl adjacent to an activating group) is 1. The molecule has 1 aromatic carbocycles. The summed E-state index contributed by atoms with van der Waals surface area (Å²) < 4.78 is 7.44. The Morgan fingerprint density at radius 3 is 1.89 bits per heavy atom. The average Bonchev–Trinajstić information content (AvgIpc) is 2.42. The van der Waals surface area contributed by atoms with Gasteiger partial charge in [-0.15, -0.1) is 0 Å². The van der Waals surface area contributed by atoms with Gasteiger partial charge in [0.2, 0.25) is 0 Å². The second-order valence-corrected chi connectivity index (χ2v) is 7.04. The van der Waals surface area contributed by atoms with Crippen molar-refractivity contribution < 1.29 is 43.4 Å². The summed E-state index contributed by atoms with van der Waals surface area (Å²) in [7, 11) is 5.83. The van der Waals surface area contributed by atoms with Gasteiger partial charge in [0.05, 0.1) is 0 Å². The Morgan fingerprint density at radius 1 is 1.00 bits per heavy atom. The van der Waals surface area contributed by atoms with E-state index >= 15 is 0 Å². The van der Waals surface area contributed by atoms with Crippen LogP contribution in [0.15, 0.2) is 36.4 Å². The Hall–Kier alpha value is -0.263. The maximum absolute atomic E-state index is 5.13. The van der Waals surface area contributed by atoms with Gasteiger partial charge in [0.25, 0.3) is 0 Å². The first-order chi connectivity index (χ1) is 9.02. The summed E-state index contributed by atoms with van der Waals surface area (Å²) in [6, 6.07) is 8.49. The number of ether oxygens (including phenoxy) is 1. The van der Waals surface area contributed by atoms with Crippen LogP contribution in [0.4, 0.5) is 0 Å². The molecule has 0 bridgehead atoms. The molecule has 2 nitrogen and oxygen atoms in total. The number of hydrogen-bond donors (Lipinski definition) is 0. The molecule has 0 heterocycles. The third kappa shape index (κ3) is 6.63. The number of benzene rings is 1. The minimum absolute atomic E-state index is 0.989. The summed E-state index contributed by atoms with van der Waals surface area (Å²) >= 11 is 2.81. The van der Waals surface area contributed by atoms with E-state index in [1.54, 1.807) is 7.11 Å². The van der Waals surface area contributed by atoms with E-state index < -0.39 is 0 Å². The molecule has 0 aliphatic rings. The van der Waals surface area contributed by atoms with Crippen molar-refractivity contribution in [2.24, 2.45) is 0 Å². The molecule has 0 unspecified atom stereocenters. The molecule has 0 aromatic heterocycles. The molecule has 0 atom stereocenters. The zero-order chi connectivity index (χ0) is 14.3. The molecular formula is C15H17NOW2. The van der Waals surface area contributed by atoms with E-state index in [0.29, 0.717) is 0 Å². The van der Waals surface area contributed by atoms with Crippen LogP contribution < -0.4 is 0 Å². The van der Waals surface area contributed by atoms with E-state index in [-0.39, 0.29) is 0 Å². The van der Waals surface area contributed by atoms with E-state index in [1.165, 1.54) is 53.9 Å². The molecule has 0 fully saturated rings. The Kier molecular flexibility index (Phi) is 7.79. The average molecular weight is 595 g/mol. The van der Waals surface area contributed by atoms with E-state index in [0.717, 1.165) is 4.08 Å². The Morgan fingerprint density at radius 2 is 1.47 bits per heavy atom. The van der Waals surface area contributed by atoms with Crippen molar-refractivity contribution in [3.63, 3.8) is 0 Å². The van der Waals surface area contributed by atoms with Crippen molar-refractivity contribution >= 4 is 20.3 Å². The fourth-order valence-electron chi connectivity index (χ4n) is 1.27. The van der Waals surface area contributed by atoms with Crippen molar-refractivity contribution in [1.29, 1.82) is 0 Å². The van der Waals surface area contributed by atoms with Crippen molar-refractivity contribution in [3.8, 4) is 0 Å². The SMILES string of the molecule is CO[C](=[W])/C=C/c1ccc(/C=C/[C](=[W])N(C)C)cc1. The normalized spacial score (nSPS) is 11.6. The van der Waals surface area contributed by atoms with Crippen LogP contribution in [-0.2, 0) is 43.4 Å². The van der Waals surface area contributed by atoms with Gasteiger partial charge in [-0.3, -0.25) is 0 Å². The van der Waals surface area contributed by atoms with E-state index in [9.17, 15) is 0 Å². The van der Waals surface area contributed by atoms with Gasteiger partial charge >= 0.3 is 137 Å². The van der Waals surface area contributed by atoms with Gasteiger partial charge in [0, 0.05) is 0 Å². The van der Waals surface area contributed by atoms with E-state index in [4.69, 9.17) is 4.74 Å². The van der Waals surface area contributed by atoms with E-state index in [2.05, 4.69) is 61.5 Å². The summed E-state index contributed by atoms with van der Waals surface area (Å²) in [6.07, 6.45) is 8.38. The van der Waals surface area contributed by atoms with Crippen LogP contribution in [0.1, 0.15) is 11.1 Å². The molecule has 0 saturated heterocycles. The topological polar surface area (TPSA) is 12.5 Å². The Balaban J connectivity index is 2.69. The number of methoxy groups -OCH3 is 1. The molecule has 0 spiro atoms. The minimum atomic E-state index is 0.989.